The van der Waals surface area contributed by atoms with Gasteiger partial charge in [0.25, 0.3) is 5.91 Å². The van der Waals surface area contributed by atoms with Crippen LogP contribution < -0.4 is 10.6 Å². The molecule has 1 aromatic carbocycles. The van der Waals surface area contributed by atoms with Crippen LogP contribution in [0.25, 0.3) is 0 Å². The van der Waals surface area contributed by atoms with Gasteiger partial charge in [0.2, 0.25) is 11.8 Å². The molecule has 0 radical (unpaired) electrons. The number of piperidine rings is 2. The van der Waals surface area contributed by atoms with Crippen LogP contribution in [-0.4, -0.2) is 84.3 Å². The first kappa shape index (κ1) is 21.6. The average molecular weight is 440 g/mol. The molecule has 4 heterocycles. The van der Waals surface area contributed by atoms with E-state index in [0.29, 0.717) is 18.5 Å². The molecule has 1 atom stereocenters. The Morgan fingerprint density at radius 3 is 2.44 bits per heavy atom. The topological polar surface area (TPSA) is 85.0 Å². The van der Waals surface area contributed by atoms with Crippen LogP contribution >= 0.6 is 0 Å². The van der Waals surface area contributed by atoms with E-state index in [2.05, 4.69) is 26.5 Å². The second kappa shape index (κ2) is 9.29. The summed E-state index contributed by atoms with van der Waals surface area (Å²) >= 11 is 0. The maximum Gasteiger partial charge on any atom is 0.255 e. The summed E-state index contributed by atoms with van der Waals surface area (Å²) in [5.74, 6) is 0.125. The lowest BCUT2D eigenvalue weighted by atomic mass is 9.97. The van der Waals surface area contributed by atoms with Crippen LogP contribution in [0, 0.1) is 5.92 Å². The van der Waals surface area contributed by atoms with Crippen molar-refractivity contribution < 1.29 is 14.4 Å². The number of nitrogens with zero attached hydrogens (tertiary/aromatic N) is 3. The number of carbonyl (C=O) groups is 3. The Morgan fingerprint density at radius 1 is 0.938 bits per heavy atom. The Balaban J connectivity index is 1.16. The van der Waals surface area contributed by atoms with Gasteiger partial charge in [-0.2, -0.15) is 0 Å². The molecule has 0 aromatic heterocycles. The van der Waals surface area contributed by atoms with E-state index >= 15 is 0 Å². The van der Waals surface area contributed by atoms with E-state index < -0.39 is 6.04 Å². The second-order valence-corrected chi connectivity index (χ2v) is 9.66. The SMILES string of the molecule is O=C1CCC(N2Cc3ccc(CN4CCN(CC5CCNCC5)CC4)cc3C2=O)C(=O)N1. The summed E-state index contributed by atoms with van der Waals surface area (Å²) in [6.45, 7) is 9.14. The molecule has 0 aliphatic carbocycles. The number of hydrogen-bond donors (Lipinski definition) is 2. The highest BCUT2D eigenvalue weighted by molar-refractivity contribution is 6.05. The lowest BCUT2D eigenvalue weighted by Gasteiger charge is -2.37. The van der Waals surface area contributed by atoms with E-state index in [1.807, 2.05) is 12.1 Å². The zero-order valence-electron chi connectivity index (χ0n) is 18.6. The van der Waals surface area contributed by atoms with Crippen molar-refractivity contribution in [2.24, 2.45) is 5.92 Å². The van der Waals surface area contributed by atoms with Crippen molar-refractivity contribution in [3.05, 3.63) is 34.9 Å². The molecule has 2 N–H and O–H groups in total. The summed E-state index contributed by atoms with van der Waals surface area (Å²) in [5, 5.41) is 5.81. The quantitative estimate of drug-likeness (QED) is 0.653. The molecule has 32 heavy (non-hydrogen) atoms. The van der Waals surface area contributed by atoms with Crippen molar-refractivity contribution in [3.63, 3.8) is 0 Å². The lowest BCUT2D eigenvalue weighted by molar-refractivity contribution is -0.136. The minimum atomic E-state index is -0.552. The summed E-state index contributed by atoms with van der Waals surface area (Å²) in [7, 11) is 0. The smallest absolute Gasteiger partial charge is 0.255 e. The fraction of sp³-hybridized carbons (Fsp3) is 0.625. The third-order valence-corrected chi connectivity index (χ3v) is 7.44. The van der Waals surface area contributed by atoms with Gasteiger partial charge in [-0.25, -0.2) is 0 Å². The number of imide groups is 1. The van der Waals surface area contributed by atoms with Gasteiger partial charge >= 0.3 is 0 Å². The normalized spacial score (nSPS) is 25.8. The standard InChI is InChI=1S/C24H33N5O3/c30-22-4-3-21(23(31)26-22)29-16-19-2-1-18(13-20(19)24(29)32)15-28-11-9-27(10-12-28)14-17-5-7-25-8-6-17/h1-2,13,17,21,25H,3-12,14-16H2,(H,26,30,31). The average Bonchev–Trinajstić information content (AvgIpc) is 3.12. The van der Waals surface area contributed by atoms with E-state index in [0.717, 1.165) is 62.9 Å². The molecule has 3 fully saturated rings. The van der Waals surface area contributed by atoms with Crippen molar-refractivity contribution >= 4 is 17.7 Å². The fourth-order valence-corrected chi connectivity index (χ4v) is 5.52. The molecule has 0 bridgehead atoms. The molecule has 1 unspecified atom stereocenters. The first-order valence-corrected chi connectivity index (χ1v) is 12.0. The van der Waals surface area contributed by atoms with Gasteiger partial charge in [-0.3, -0.25) is 24.6 Å². The number of benzene rings is 1. The van der Waals surface area contributed by atoms with Gasteiger partial charge in [-0.1, -0.05) is 12.1 Å². The maximum atomic E-state index is 13.0. The number of rotatable bonds is 5. The fourth-order valence-electron chi connectivity index (χ4n) is 5.52. The molecule has 172 valence electrons. The molecule has 3 saturated heterocycles. The molecule has 4 aliphatic rings. The highest BCUT2D eigenvalue weighted by Crippen LogP contribution is 2.28. The summed E-state index contributed by atoms with van der Waals surface area (Å²) < 4.78 is 0. The number of hydrogen-bond acceptors (Lipinski definition) is 6. The minimum absolute atomic E-state index is 0.0943. The van der Waals surface area contributed by atoms with E-state index in [1.54, 1.807) is 4.90 Å². The van der Waals surface area contributed by atoms with Crippen LogP contribution in [0.5, 0.6) is 0 Å². The number of piperazine rings is 1. The molecule has 0 spiro atoms. The van der Waals surface area contributed by atoms with E-state index in [1.165, 1.54) is 19.4 Å². The Labute approximate surface area is 189 Å². The Morgan fingerprint density at radius 2 is 1.69 bits per heavy atom. The number of fused-ring (bicyclic) bond motifs is 1. The third-order valence-electron chi connectivity index (χ3n) is 7.44. The Bertz CT molecular complexity index is 890. The summed E-state index contributed by atoms with van der Waals surface area (Å²) in [4.78, 5) is 43.4. The van der Waals surface area contributed by atoms with Gasteiger partial charge in [0.15, 0.2) is 0 Å². The lowest BCUT2D eigenvalue weighted by Crippen LogP contribution is -2.52. The van der Waals surface area contributed by atoms with Crippen molar-refractivity contribution in [2.45, 2.75) is 44.8 Å². The summed E-state index contributed by atoms with van der Waals surface area (Å²) in [6.07, 6.45) is 3.27. The monoisotopic (exact) mass is 439 g/mol. The molecule has 4 aliphatic heterocycles. The highest BCUT2D eigenvalue weighted by atomic mass is 16.2. The van der Waals surface area contributed by atoms with Crippen LogP contribution in [0.15, 0.2) is 18.2 Å². The zero-order chi connectivity index (χ0) is 22.1. The highest BCUT2D eigenvalue weighted by Gasteiger charge is 2.39. The number of nitrogens with one attached hydrogen (secondary N) is 2. The van der Waals surface area contributed by atoms with Gasteiger partial charge in [0, 0.05) is 57.8 Å². The van der Waals surface area contributed by atoms with E-state index in [4.69, 9.17) is 0 Å². The van der Waals surface area contributed by atoms with E-state index in [-0.39, 0.29) is 24.1 Å². The molecular formula is C24H33N5O3. The predicted octanol–water partition coefficient (Wildman–Crippen LogP) is 0.565. The zero-order valence-corrected chi connectivity index (χ0v) is 18.6. The maximum absolute atomic E-state index is 13.0. The van der Waals surface area contributed by atoms with Crippen LogP contribution in [0.4, 0.5) is 0 Å². The van der Waals surface area contributed by atoms with Gasteiger partial charge in [-0.05, 0) is 55.5 Å². The third kappa shape index (κ3) is 4.58. The Hall–Kier alpha value is -2.29. The van der Waals surface area contributed by atoms with Crippen LogP contribution in [0.3, 0.4) is 0 Å². The largest absolute Gasteiger partial charge is 0.322 e. The molecule has 0 saturated carbocycles. The number of carbonyl (C=O) groups excluding carboxylic acids is 3. The van der Waals surface area contributed by atoms with Gasteiger partial charge in [-0.15, -0.1) is 0 Å². The van der Waals surface area contributed by atoms with Crippen LogP contribution in [0.1, 0.15) is 47.2 Å². The van der Waals surface area contributed by atoms with Gasteiger partial charge < -0.3 is 15.1 Å². The van der Waals surface area contributed by atoms with Crippen LogP contribution in [-0.2, 0) is 22.7 Å². The second-order valence-electron chi connectivity index (χ2n) is 9.66. The molecular weight excluding hydrogens is 406 g/mol. The molecule has 1 aromatic rings. The van der Waals surface area contributed by atoms with E-state index in [9.17, 15) is 14.4 Å². The number of amides is 3. The molecule has 8 nitrogen and oxygen atoms in total. The first-order valence-electron chi connectivity index (χ1n) is 12.0. The van der Waals surface area contributed by atoms with Gasteiger partial charge in [0.05, 0.1) is 0 Å². The summed E-state index contributed by atoms with van der Waals surface area (Å²) in [5.41, 5.74) is 2.82. The van der Waals surface area contributed by atoms with Crippen molar-refractivity contribution in [3.8, 4) is 0 Å². The van der Waals surface area contributed by atoms with Crippen LogP contribution in [0.2, 0.25) is 0 Å². The van der Waals surface area contributed by atoms with Crippen molar-refractivity contribution in [2.75, 3.05) is 45.8 Å². The Kier molecular flexibility index (Phi) is 6.26. The molecule has 5 rings (SSSR count). The minimum Gasteiger partial charge on any atom is -0.322 e. The summed E-state index contributed by atoms with van der Waals surface area (Å²) in [6, 6.07) is 5.60. The predicted molar refractivity (Wildman–Crippen MR) is 120 cm³/mol. The first-order chi connectivity index (χ1) is 15.6. The van der Waals surface area contributed by atoms with Crippen molar-refractivity contribution in [1.29, 1.82) is 0 Å². The molecule has 8 heteroatoms. The van der Waals surface area contributed by atoms with Gasteiger partial charge in [0.1, 0.15) is 6.04 Å². The molecule has 3 amide bonds. The van der Waals surface area contributed by atoms with Crippen molar-refractivity contribution in [1.82, 2.24) is 25.3 Å².